The van der Waals surface area contributed by atoms with Crippen molar-refractivity contribution >= 4 is 5.91 Å². The molecule has 0 unspecified atom stereocenters. The number of hydrogen-bond acceptors (Lipinski definition) is 3. The van der Waals surface area contributed by atoms with Gasteiger partial charge in [-0.15, -0.1) is 0 Å². The first-order valence-electron chi connectivity index (χ1n) is 9.01. The number of alkyl halides is 3. The second-order valence-electron chi connectivity index (χ2n) is 7.02. The van der Waals surface area contributed by atoms with E-state index in [9.17, 15) is 18.0 Å². The maximum Gasteiger partial charge on any atom is 0.435 e. The number of aryl methyl sites for hydroxylation is 1. The zero-order valence-corrected chi connectivity index (χ0v) is 14.6. The fourth-order valence-corrected chi connectivity index (χ4v) is 3.86. The lowest BCUT2D eigenvalue weighted by molar-refractivity contribution is -0.141. The molecule has 25 heavy (non-hydrogen) atoms. The van der Waals surface area contributed by atoms with Crippen LogP contribution in [-0.2, 0) is 13.2 Å². The van der Waals surface area contributed by atoms with Gasteiger partial charge in [0.1, 0.15) is 5.69 Å². The van der Waals surface area contributed by atoms with E-state index >= 15 is 0 Å². The molecule has 1 aromatic rings. The Hall–Kier alpha value is -1.57. The van der Waals surface area contributed by atoms with Gasteiger partial charge in [-0.25, -0.2) is 0 Å². The predicted molar refractivity (Wildman–Crippen MR) is 87.2 cm³/mol. The summed E-state index contributed by atoms with van der Waals surface area (Å²) in [6.07, 6.45) is 1.68. The zero-order valence-electron chi connectivity index (χ0n) is 14.6. The number of hydrogen-bond donors (Lipinski definition) is 0. The average Bonchev–Trinajstić information content (AvgIpc) is 3.21. The molecule has 0 saturated carbocycles. The number of aromatic nitrogens is 2. The summed E-state index contributed by atoms with van der Waals surface area (Å²) >= 11 is 0. The van der Waals surface area contributed by atoms with E-state index in [-0.39, 0.29) is 17.6 Å². The zero-order chi connectivity index (χ0) is 18.0. The van der Waals surface area contributed by atoms with Gasteiger partial charge in [-0.05, 0) is 51.6 Å². The Morgan fingerprint density at radius 2 is 1.88 bits per heavy atom. The van der Waals surface area contributed by atoms with Gasteiger partial charge in [-0.2, -0.15) is 18.3 Å². The minimum atomic E-state index is -4.53. The standard InChI is InChI=1S/C17H25F3N4O/c1-22-14(12-15(21-22)17(18,19)20)16(25)24-10-3-2-6-13(24)7-11-23-8-4-5-9-23/h12-13H,2-11H2,1H3/t13-/m0/s1. The van der Waals surface area contributed by atoms with Crippen LogP contribution in [0.2, 0.25) is 0 Å². The smallest absolute Gasteiger partial charge is 0.334 e. The highest BCUT2D eigenvalue weighted by molar-refractivity contribution is 5.93. The quantitative estimate of drug-likeness (QED) is 0.831. The number of nitrogens with zero attached hydrogens (tertiary/aromatic N) is 4. The van der Waals surface area contributed by atoms with Crippen LogP contribution in [0.4, 0.5) is 13.2 Å². The van der Waals surface area contributed by atoms with Gasteiger partial charge in [0.2, 0.25) is 0 Å². The van der Waals surface area contributed by atoms with Gasteiger partial charge in [0.05, 0.1) is 0 Å². The van der Waals surface area contributed by atoms with Crippen LogP contribution in [-0.4, -0.2) is 57.7 Å². The molecule has 8 heteroatoms. The van der Waals surface area contributed by atoms with Crippen molar-refractivity contribution in [3.8, 4) is 0 Å². The molecule has 2 aliphatic heterocycles. The van der Waals surface area contributed by atoms with Gasteiger partial charge in [-0.3, -0.25) is 9.48 Å². The summed E-state index contributed by atoms with van der Waals surface area (Å²) in [4.78, 5) is 17.0. The highest BCUT2D eigenvalue weighted by Gasteiger charge is 2.37. The lowest BCUT2D eigenvalue weighted by Crippen LogP contribution is -2.45. The molecule has 2 aliphatic rings. The number of halogens is 3. The van der Waals surface area contributed by atoms with Gasteiger partial charge in [0.15, 0.2) is 5.69 Å². The Kier molecular flexibility index (Phi) is 5.36. The number of likely N-dealkylation sites (tertiary alicyclic amines) is 2. The van der Waals surface area contributed by atoms with E-state index in [0.29, 0.717) is 6.54 Å². The normalized spacial score (nSPS) is 22.6. The third-order valence-corrected chi connectivity index (χ3v) is 5.25. The summed E-state index contributed by atoms with van der Waals surface area (Å²) < 4.78 is 39.6. The molecule has 0 bridgehead atoms. The van der Waals surface area contributed by atoms with Crippen LogP contribution in [0.25, 0.3) is 0 Å². The first kappa shape index (κ1) is 18.2. The number of piperidine rings is 1. The molecule has 0 N–H and O–H groups in total. The third-order valence-electron chi connectivity index (χ3n) is 5.25. The summed E-state index contributed by atoms with van der Waals surface area (Å²) in [6.45, 7) is 3.78. The number of carbonyl (C=O) groups excluding carboxylic acids is 1. The fraction of sp³-hybridized carbons (Fsp3) is 0.765. The van der Waals surface area contributed by atoms with Crippen LogP contribution in [0.15, 0.2) is 6.07 Å². The lowest BCUT2D eigenvalue weighted by Gasteiger charge is -2.36. The molecule has 0 aliphatic carbocycles. The monoisotopic (exact) mass is 358 g/mol. The number of carbonyl (C=O) groups is 1. The third kappa shape index (κ3) is 4.16. The Labute approximate surface area is 145 Å². The second-order valence-corrected chi connectivity index (χ2v) is 7.02. The van der Waals surface area contributed by atoms with E-state index in [1.54, 1.807) is 4.90 Å². The van der Waals surface area contributed by atoms with Gasteiger partial charge >= 0.3 is 6.18 Å². The summed E-state index contributed by atoms with van der Waals surface area (Å²) in [5.74, 6) is -0.336. The molecule has 0 spiro atoms. The fourth-order valence-electron chi connectivity index (χ4n) is 3.86. The molecular weight excluding hydrogens is 333 g/mol. The van der Waals surface area contributed by atoms with Crippen molar-refractivity contribution in [2.24, 2.45) is 7.05 Å². The number of rotatable bonds is 4. The molecule has 3 heterocycles. The molecule has 1 aromatic heterocycles. The Morgan fingerprint density at radius 1 is 1.20 bits per heavy atom. The average molecular weight is 358 g/mol. The van der Waals surface area contributed by atoms with Crippen LogP contribution >= 0.6 is 0 Å². The lowest BCUT2D eigenvalue weighted by atomic mass is 9.98. The molecule has 0 radical (unpaired) electrons. The molecule has 140 valence electrons. The largest absolute Gasteiger partial charge is 0.435 e. The molecule has 2 fully saturated rings. The van der Waals surface area contributed by atoms with E-state index in [1.807, 2.05) is 0 Å². The predicted octanol–water partition coefficient (Wildman–Crippen LogP) is 2.92. The molecule has 1 atom stereocenters. The van der Waals surface area contributed by atoms with Crippen molar-refractivity contribution in [3.63, 3.8) is 0 Å². The summed E-state index contributed by atoms with van der Waals surface area (Å²) in [5.41, 5.74) is -0.996. The minimum Gasteiger partial charge on any atom is -0.334 e. The van der Waals surface area contributed by atoms with Crippen molar-refractivity contribution in [2.45, 2.75) is 50.7 Å². The minimum absolute atomic E-state index is 0.0143. The summed E-state index contributed by atoms with van der Waals surface area (Å²) in [5, 5.41) is 3.47. The van der Waals surface area contributed by atoms with Crippen LogP contribution in [0.1, 0.15) is 54.7 Å². The Bertz CT molecular complexity index is 608. The number of amides is 1. The van der Waals surface area contributed by atoms with Crippen LogP contribution < -0.4 is 0 Å². The van der Waals surface area contributed by atoms with Crippen molar-refractivity contribution < 1.29 is 18.0 Å². The highest BCUT2D eigenvalue weighted by atomic mass is 19.4. The first-order chi connectivity index (χ1) is 11.9. The van der Waals surface area contributed by atoms with E-state index in [0.717, 1.165) is 56.1 Å². The van der Waals surface area contributed by atoms with Gasteiger partial charge in [0.25, 0.3) is 5.91 Å². The molecular formula is C17H25F3N4O. The molecule has 1 amide bonds. The van der Waals surface area contributed by atoms with Crippen molar-refractivity contribution in [1.82, 2.24) is 19.6 Å². The maximum absolute atomic E-state index is 12.9. The summed E-state index contributed by atoms with van der Waals surface area (Å²) in [7, 11) is 1.39. The molecule has 5 nitrogen and oxygen atoms in total. The molecule has 2 saturated heterocycles. The van der Waals surface area contributed by atoms with E-state index in [2.05, 4.69) is 10.00 Å². The van der Waals surface area contributed by atoms with Gasteiger partial charge < -0.3 is 9.80 Å². The topological polar surface area (TPSA) is 41.4 Å². The van der Waals surface area contributed by atoms with Crippen molar-refractivity contribution in [1.29, 1.82) is 0 Å². The maximum atomic E-state index is 12.9. The molecule has 3 rings (SSSR count). The van der Waals surface area contributed by atoms with Crippen LogP contribution in [0, 0.1) is 0 Å². The second kappa shape index (κ2) is 7.35. The SMILES string of the molecule is Cn1nc(C(F)(F)F)cc1C(=O)N1CCCC[C@H]1CCN1CCCC1. The van der Waals surface area contributed by atoms with E-state index in [4.69, 9.17) is 0 Å². The van der Waals surface area contributed by atoms with E-state index in [1.165, 1.54) is 19.9 Å². The Morgan fingerprint density at radius 3 is 2.52 bits per heavy atom. The van der Waals surface area contributed by atoms with Crippen LogP contribution in [0.3, 0.4) is 0 Å². The summed E-state index contributed by atoms with van der Waals surface area (Å²) in [6, 6.07) is 0.972. The van der Waals surface area contributed by atoms with Crippen molar-refractivity contribution in [2.75, 3.05) is 26.2 Å². The van der Waals surface area contributed by atoms with Crippen LogP contribution in [0.5, 0.6) is 0 Å². The molecule has 0 aromatic carbocycles. The van der Waals surface area contributed by atoms with E-state index < -0.39 is 11.9 Å². The first-order valence-corrected chi connectivity index (χ1v) is 9.01. The highest BCUT2D eigenvalue weighted by Crippen LogP contribution is 2.29. The van der Waals surface area contributed by atoms with Crippen molar-refractivity contribution in [3.05, 3.63) is 17.5 Å². The van der Waals surface area contributed by atoms with Gasteiger partial charge in [0, 0.05) is 32.2 Å². The Balaban J connectivity index is 1.71. The van der Waals surface area contributed by atoms with Gasteiger partial charge in [-0.1, -0.05) is 0 Å².